The fourth-order valence-electron chi connectivity index (χ4n) is 4.33. The lowest BCUT2D eigenvalue weighted by molar-refractivity contribution is -0.118. The van der Waals surface area contributed by atoms with Crippen LogP contribution in [0, 0.1) is 0 Å². The third kappa shape index (κ3) is 6.76. The number of nitrogens with one attached hydrogen (secondary N) is 1. The van der Waals surface area contributed by atoms with Crippen molar-refractivity contribution in [3.05, 3.63) is 77.9 Å². The van der Waals surface area contributed by atoms with Gasteiger partial charge in [-0.1, -0.05) is 26.0 Å². The summed E-state index contributed by atoms with van der Waals surface area (Å²) in [6, 6.07) is 20.7. The molecule has 8 heteroatoms. The summed E-state index contributed by atoms with van der Waals surface area (Å²) in [5.41, 5.74) is 3.52. The van der Waals surface area contributed by atoms with Crippen LogP contribution in [0.5, 0.6) is 17.2 Å². The maximum absolute atomic E-state index is 13.1. The van der Waals surface area contributed by atoms with Gasteiger partial charge in [-0.2, -0.15) is 0 Å². The Balaban J connectivity index is 1.26. The number of carbonyl (C=O) groups excluding carboxylic acids is 2. The maximum atomic E-state index is 13.1. The molecule has 1 saturated heterocycles. The van der Waals surface area contributed by atoms with Crippen LogP contribution >= 0.6 is 0 Å². The summed E-state index contributed by atoms with van der Waals surface area (Å²) < 4.78 is 16.2. The zero-order chi connectivity index (χ0) is 27.1. The minimum atomic E-state index is -0.216. The number of methoxy groups -OCH3 is 2. The van der Waals surface area contributed by atoms with Gasteiger partial charge < -0.3 is 29.3 Å². The number of piperazine rings is 1. The minimum absolute atomic E-state index is 0.0435. The summed E-state index contributed by atoms with van der Waals surface area (Å²) in [5.74, 6) is 2.04. The van der Waals surface area contributed by atoms with Crippen molar-refractivity contribution in [1.82, 2.24) is 4.90 Å². The van der Waals surface area contributed by atoms with Crippen molar-refractivity contribution in [2.75, 3.05) is 57.2 Å². The number of rotatable bonds is 9. The largest absolute Gasteiger partial charge is 0.497 e. The SMILES string of the molecule is COc1cc(OC)cc(C(=O)N2CCN(c3ccc(NC(=O)COc4ccc(C(C)C)cc4)cc3)CC2)c1. The van der Waals surface area contributed by atoms with Crippen molar-refractivity contribution in [2.45, 2.75) is 19.8 Å². The predicted molar refractivity (Wildman–Crippen MR) is 149 cm³/mol. The van der Waals surface area contributed by atoms with E-state index in [2.05, 4.69) is 24.1 Å². The smallest absolute Gasteiger partial charge is 0.262 e. The first-order chi connectivity index (χ1) is 18.4. The fourth-order valence-corrected chi connectivity index (χ4v) is 4.33. The average Bonchev–Trinajstić information content (AvgIpc) is 2.96. The Morgan fingerprint density at radius 1 is 0.816 bits per heavy atom. The van der Waals surface area contributed by atoms with Gasteiger partial charge in [0.05, 0.1) is 14.2 Å². The second-order valence-corrected chi connectivity index (χ2v) is 9.49. The molecule has 0 atom stereocenters. The Labute approximate surface area is 224 Å². The Bertz CT molecular complexity index is 1210. The first-order valence-electron chi connectivity index (χ1n) is 12.8. The van der Waals surface area contributed by atoms with E-state index in [1.165, 1.54) is 5.56 Å². The Morgan fingerprint density at radius 2 is 1.42 bits per heavy atom. The quantitative estimate of drug-likeness (QED) is 0.439. The molecule has 8 nitrogen and oxygen atoms in total. The van der Waals surface area contributed by atoms with Crippen LogP contribution in [0.25, 0.3) is 0 Å². The molecule has 1 heterocycles. The number of anilines is 2. The molecule has 2 amide bonds. The molecule has 3 aromatic carbocycles. The fraction of sp³-hybridized carbons (Fsp3) is 0.333. The van der Waals surface area contributed by atoms with Crippen LogP contribution in [0.1, 0.15) is 35.7 Å². The normalized spacial score (nSPS) is 13.3. The number of amides is 2. The van der Waals surface area contributed by atoms with Crippen LogP contribution in [0.15, 0.2) is 66.7 Å². The summed E-state index contributed by atoms with van der Waals surface area (Å²) in [6.45, 7) is 6.84. The molecule has 200 valence electrons. The lowest BCUT2D eigenvalue weighted by Gasteiger charge is -2.36. The van der Waals surface area contributed by atoms with Gasteiger partial charge in [-0.3, -0.25) is 9.59 Å². The summed E-state index contributed by atoms with van der Waals surface area (Å²) >= 11 is 0. The van der Waals surface area contributed by atoms with Gasteiger partial charge in [0.15, 0.2) is 6.61 Å². The monoisotopic (exact) mass is 517 g/mol. The van der Waals surface area contributed by atoms with E-state index in [0.717, 1.165) is 5.69 Å². The molecule has 3 aromatic rings. The maximum Gasteiger partial charge on any atom is 0.262 e. The van der Waals surface area contributed by atoms with E-state index in [0.29, 0.717) is 60.6 Å². The van der Waals surface area contributed by atoms with E-state index in [9.17, 15) is 9.59 Å². The molecule has 0 saturated carbocycles. The molecule has 1 fully saturated rings. The number of nitrogens with zero attached hydrogens (tertiary/aromatic N) is 2. The highest BCUT2D eigenvalue weighted by atomic mass is 16.5. The van der Waals surface area contributed by atoms with E-state index in [1.807, 2.05) is 53.4 Å². The van der Waals surface area contributed by atoms with Crippen molar-refractivity contribution < 1.29 is 23.8 Å². The summed E-state index contributed by atoms with van der Waals surface area (Å²) in [6.07, 6.45) is 0. The van der Waals surface area contributed by atoms with Gasteiger partial charge in [-0.25, -0.2) is 0 Å². The van der Waals surface area contributed by atoms with Crippen molar-refractivity contribution >= 4 is 23.2 Å². The van der Waals surface area contributed by atoms with Crippen LogP contribution in [0.4, 0.5) is 11.4 Å². The van der Waals surface area contributed by atoms with Crippen molar-refractivity contribution in [2.24, 2.45) is 0 Å². The van der Waals surface area contributed by atoms with Gasteiger partial charge in [0.25, 0.3) is 11.8 Å². The first kappa shape index (κ1) is 26.9. The van der Waals surface area contributed by atoms with E-state index >= 15 is 0 Å². The van der Waals surface area contributed by atoms with Crippen LogP contribution in [0.3, 0.4) is 0 Å². The highest BCUT2D eigenvalue weighted by molar-refractivity contribution is 5.95. The second-order valence-electron chi connectivity index (χ2n) is 9.49. The van der Waals surface area contributed by atoms with Crippen LogP contribution in [-0.2, 0) is 4.79 Å². The lowest BCUT2D eigenvalue weighted by atomic mass is 10.0. The second kappa shape index (κ2) is 12.4. The van der Waals surface area contributed by atoms with Crippen molar-refractivity contribution in [3.63, 3.8) is 0 Å². The third-order valence-electron chi connectivity index (χ3n) is 6.60. The first-order valence-corrected chi connectivity index (χ1v) is 12.8. The van der Waals surface area contributed by atoms with E-state index in [-0.39, 0.29) is 18.4 Å². The van der Waals surface area contributed by atoms with Crippen molar-refractivity contribution in [1.29, 1.82) is 0 Å². The number of ether oxygens (including phenoxy) is 3. The molecule has 0 aliphatic carbocycles. The molecule has 0 aromatic heterocycles. The highest BCUT2D eigenvalue weighted by Gasteiger charge is 2.23. The number of hydrogen-bond donors (Lipinski definition) is 1. The zero-order valence-corrected chi connectivity index (χ0v) is 22.4. The van der Waals surface area contributed by atoms with Gasteiger partial charge in [-0.15, -0.1) is 0 Å². The molecule has 4 rings (SSSR count). The summed E-state index contributed by atoms with van der Waals surface area (Å²) in [4.78, 5) is 29.5. The molecule has 1 N–H and O–H groups in total. The van der Waals surface area contributed by atoms with Gasteiger partial charge in [0.2, 0.25) is 0 Å². The number of benzene rings is 3. The Morgan fingerprint density at radius 3 is 1.97 bits per heavy atom. The van der Waals surface area contributed by atoms with Crippen molar-refractivity contribution in [3.8, 4) is 17.2 Å². The average molecular weight is 518 g/mol. The Kier molecular flexibility index (Phi) is 8.73. The number of hydrogen-bond acceptors (Lipinski definition) is 6. The molecule has 0 unspecified atom stereocenters. The lowest BCUT2D eigenvalue weighted by Crippen LogP contribution is -2.48. The standard InChI is InChI=1S/C30H35N3O5/c1-21(2)22-5-11-26(12-6-22)38-20-29(34)31-24-7-9-25(10-8-24)32-13-15-33(16-14-32)30(35)23-17-27(36-3)19-28(18-23)37-4/h5-12,17-19,21H,13-16,20H2,1-4H3,(H,31,34). The summed E-state index contributed by atoms with van der Waals surface area (Å²) in [7, 11) is 3.14. The molecular weight excluding hydrogens is 482 g/mol. The minimum Gasteiger partial charge on any atom is -0.497 e. The Hall–Kier alpha value is -4.20. The van der Waals surface area contributed by atoms with Gasteiger partial charge >= 0.3 is 0 Å². The van der Waals surface area contributed by atoms with E-state index in [4.69, 9.17) is 14.2 Å². The van der Waals surface area contributed by atoms with Gasteiger partial charge in [0.1, 0.15) is 17.2 Å². The molecule has 0 radical (unpaired) electrons. The molecule has 38 heavy (non-hydrogen) atoms. The van der Waals surface area contributed by atoms with E-state index < -0.39 is 0 Å². The molecule has 0 spiro atoms. The zero-order valence-electron chi connectivity index (χ0n) is 22.4. The van der Waals surface area contributed by atoms with E-state index in [1.54, 1.807) is 32.4 Å². The van der Waals surface area contributed by atoms with Gasteiger partial charge in [-0.05, 0) is 60.0 Å². The molecule has 1 aliphatic heterocycles. The predicted octanol–water partition coefficient (Wildman–Crippen LogP) is 4.81. The van der Waals surface area contributed by atoms with Crippen LogP contribution in [-0.4, -0.2) is 63.7 Å². The van der Waals surface area contributed by atoms with Crippen LogP contribution in [0.2, 0.25) is 0 Å². The highest BCUT2D eigenvalue weighted by Crippen LogP contribution is 2.25. The summed E-state index contributed by atoms with van der Waals surface area (Å²) in [5, 5.41) is 2.87. The molecular formula is C30H35N3O5. The molecule has 0 bridgehead atoms. The van der Waals surface area contributed by atoms with Crippen LogP contribution < -0.4 is 24.4 Å². The third-order valence-corrected chi connectivity index (χ3v) is 6.60. The topological polar surface area (TPSA) is 80.3 Å². The molecule has 1 aliphatic rings. The van der Waals surface area contributed by atoms with Gasteiger partial charge in [0, 0.05) is 49.2 Å². The number of carbonyl (C=O) groups is 2.